The van der Waals surface area contributed by atoms with E-state index in [-0.39, 0.29) is 5.91 Å². The van der Waals surface area contributed by atoms with Gasteiger partial charge in [-0.2, -0.15) is 0 Å². The Morgan fingerprint density at radius 1 is 1.56 bits per heavy atom. The van der Waals surface area contributed by atoms with Crippen molar-refractivity contribution in [3.63, 3.8) is 0 Å². The van der Waals surface area contributed by atoms with Gasteiger partial charge in [-0.05, 0) is 25.1 Å². The normalized spacial score (nSPS) is 10.4. The number of carbonyl (C=O) groups excluding carboxylic acids is 1. The second kappa shape index (κ2) is 7.61. The van der Waals surface area contributed by atoms with Crippen molar-refractivity contribution in [3.8, 4) is 0 Å². The number of amides is 1. The van der Waals surface area contributed by atoms with Crippen molar-refractivity contribution in [2.75, 3.05) is 20.1 Å². The lowest BCUT2D eigenvalue weighted by Gasteiger charge is -2.15. The van der Waals surface area contributed by atoms with Gasteiger partial charge in [-0.15, -0.1) is 6.58 Å². The van der Waals surface area contributed by atoms with Crippen LogP contribution < -0.4 is 5.32 Å². The Morgan fingerprint density at radius 2 is 2.33 bits per heavy atom. The van der Waals surface area contributed by atoms with Crippen LogP contribution in [0.2, 0.25) is 0 Å². The molecule has 1 aromatic heterocycles. The smallest absolute Gasteiger partial charge is 0.234 e. The third kappa shape index (κ3) is 5.10. The Bertz CT molecular complexity index is 387. The SMILES string of the molecule is C=CCNC(=O)CN(C)Cc1ccc(CC)cn1. The number of aromatic nitrogens is 1. The molecular weight excluding hydrogens is 226 g/mol. The Morgan fingerprint density at radius 3 is 2.89 bits per heavy atom. The lowest BCUT2D eigenvalue weighted by Crippen LogP contribution is -2.35. The monoisotopic (exact) mass is 247 g/mol. The highest BCUT2D eigenvalue weighted by atomic mass is 16.1. The first-order valence-electron chi connectivity index (χ1n) is 6.15. The highest BCUT2D eigenvalue weighted by molar-refractivity contribution is 5.78. The molecule has 0 aliphatic heterocycles. The van der Waals surface area contributed by atoms with E-state index in [1.165, 1.54) is 5.56 Å². The molecule has 1 aromatic rings. The largest absolute Gasteiger partial charge is 0.352 e. The summed E-state index contributed by atoms with van der Waals surface area (Å²) in [6, 6.07) is 4.09. The van der Waals surface area contributed by atoms with Gasteiger partial charge < -0.3 is 5.32 Å². The minimum Gasteiger partial charge on any atom is -0.352 e. The van der Waals surface area contributed by atoms with E-state index in [0.29, 0.717) is 19.6 Å². The molecular formula is C14H21N3O. The first kappa shape index (κ1) is 14.4. The van der Waals surface area contributed by atoms with Crippen LogP contribution in [-0.2, 0) is 17.8 Å². The third-order valence-corrected chi connectivity index (χ3v) is 2.58. The Balaban J connectivity index is 2.40. The van der Waals surface area contributed by atoms with Crippen LogP contribution in [0.3, 0.4) is 0 Å². The van der Waals surface area contributed by atoms with Crippen LogP contribution in [0.25, 0.3) is 0 Å². The molecule has 0 fully saturated rings. The first-order chi connectivity index (χ1) is 8.65. The van der Waals surface area contributed by atoms with Gasteiger partial charge in [0.25, 0.3) is 0 Å². The Labute approximate surface area is 109 Å². The zero-order chi connectivity index (χ0) is 13.4. The predicted octanol–water partition coefficient (Wildman–Crippen LogP) is 1.38. The second-order valence-electron chi connectivity index (χ2n) is 4.28. The molecule has 18 heavy (non-hydrogen) atoms. The molecule has 0 saturated carbocycles. The molecule has 1 N–H and O–H groups in total. The number of nitrogens with one attached hydrogen (secondary N) is 1. The minimum absolute atomic E-state index is 0.00239. The molecule has 1 heterocycles. The summed E-state index contributed by atoms with van der Waals surface area (Å²) < 4.78 is 0. The molecule has 98 valence electrons. The number of rotatable bonds is 7. The van der Waals surface area contributed by atoms with E-state index >= 15 is 0 Å². The van der Waals surface area contributed by atoms with E-state index in [2.05, 4.69) is 29.9 Å². The molecule has 4 heteroatoms. The number of carbonyl (C=O) groups is 1. The summed E-state index contributed by atoms with van der Waals surface area (Å²) >= 11 is 0. The molecule has 0 aliphatic rings. The number of likely N-dealkylation sites (N-methyl/N-ethyl adjacent to an activating group) is 1. The van der Waals surface area contributed by atoms with Crippen molar-refractivity contribution in [2.45, 2.75) is 19.9 Å². The van der Waals surface area contributed by atoms with Crippen molar-refractivity contribution >= 4 is 5.91 Å². The third-order valence-electron chi connectivity index (χ3n) is 2.58. The zero-order valence-electron chi connectivity index (χ0n) is 11.1. The van der Waals surface area contributed by atoms with E-state index < -0.39 is 0 Å². The van der Waals surface area contributed by atoms with Crippen molar-refractivity contribution in [1.82, 2.24) is 15.2 Å². The van der Waals surface area contributed by atoms with Crippen molar-refractivity contribution in [3.05, 3.63) is 42.2 Å². The number of hydrogen-bond acceptors (Lipinski definition) is 3. The maximum atomic E-state index is 11.5. The first-order valence-corrected chi connectivity index (χ1v) is 6.15. The Hall–Kier alpha value is -1.68. The fourth-order valence-electron chi connectivity index (χ4n) is 1.58. The lowest BCUT2D eigenvalue weighted by molar-refractivity contribution is -0.121. The summed E-state index contributed by atoms with van der Waals surface area (Å²) in [5.74, 6) is 0.00239. The van der Waals surface area contributed by atoms with Crippen molar-refractivity contribution in [2.24, 2.45) is 0 Å². The average Bonchev–Trinajstić information content (AvgIpc) is 2.37. The minimum atomic E-state index is 0.00239. The summed E-state index contributed by atoms with van der Waals surface area (Å²) in [5.41, 5.74) is 2.20. The lowest BCUT2D eigenvalue weighted by atomic mass is 10.2. The van der Waals surface area contributed by atoms with Crippen LogP contribution in [0.1, 0.15) is 18.2 Å². The van der Waals surface area contributed by atoms with Crippen molar-refractivity contribution < 1.29 is 4.79 Å². The molecule has 1 rings (SSSR count). The summed E-state index contributed by atoms with van der Waals surface area (Å²) in [6.45, 7) is 7.21. The van der Waals surface area contributed by atoms with Gasteiger partial charge in [-0.25, -0.2) is 0 Å². The van der Waals surface area contributed by atoms with Crippen LogP contribution in [0.5, 0.6) is 0 Å². The summed E-state index contributed by atoms with van der Waals surface area (Å²) in [7, 11) is 1.91. The van der Waals surface area contributed by atoms with Crippen LogP contribution in [0.4, 0.5) is 0 Å². The summed E-state index contributed by atoms with van der Waals surface area (Å²) in [4.78, 5) is 17.8. The van der Waals surface area contributed by atoms with Gasteiger partial charge in [0.1, 0.15) is 0 Å². The molecule has 0 aromatic carbocycles. The molecule has 0 bridgehead atoms. The highest BCUT2D eigenvalue weighted by Crippen LogP contribution is 2.03. The summed E-state index contributed by atoms with van der Waals surface area (Å²) in [5, 5.41) is 2.75. The summed E-state index contributed by atoms with van der Waals surface area (Å²) in [6.07, 6.45) is 4.55. The van der Waals surface area contributed by atoms with Gasteiger partial charge in [0, 0.05) is 19.3 Å². The predicted molar refractivity (Wildman–Crippen MR) is 73.2 cm³/mol. The van der Waals surface area contributed by atoms with Gasteiger partial charge in [-0.1, -0.05) is 19.1 Å². The molecule has 0 saturated heterocycles. The van der Waals surface area contributed by atoms with Gasteiger partial charge >= 0.3 is 0 Å². The Kier molecular flexibility index (Phi) is 6.08. The highest BCUT2D eigenvalue weighted by Gasteiger charge is 2.06. The van der Waals surface area contributed by atoms with Crippen molar-refractivity contribution in [1.29, 1.82) is 0 Å². The standard InChI is InChI=1S/C14H21N3O/c1-4-8-15-14(18)11-17(3)10-13-7-6-12(5-2)9-16-13/h4,6-7,9H,1,5,8,10-11H2,2-3H3,(H,15,18). The fourth-order valence-corrected chi connectivity index (χ4v) is 1.58. The number of hydrogen-bond donors (Lipinski definition) is 1. The van der Waals surface area contributed by atoms with Gasteiger partial charge in [0.15, 0.2) is 0 Å². The van der Waals surface area contributed by atoms with Crippen LogP contribution in [0.15, 0.2) is 31.0 Å². The fraction of sp³-hybridized carbons (Fsp3) is 0.429. The number of nitrogens with zero attached hydrogens (tertiary/aromatic N) is 2. The van der Waals surface area contributed by atoms with Crippen LogP contribution in [0, 0.1) is 0 Å². The topological polar surface area (TPSA) is 45.2 Å². The average molecular weight is 247 g/mol. The maximum Gasteiger partial charge on any atom is 0.234 e. The second-order valence-corrected chi connectivity index (χ2v) is 4.28. The molecule has 0 radical (unpaired) electrons. The van der Waals surface area contributed by atoms with Crippen LogP contribution >= 0.6 is 0 Å². The number of aryl methyl sites for hydroxylation is 1. The zero-order valence-corrected chi connectivity index (χ0v) is 11.1. The molecule has 0 aliphatic carbocycles. The van der Waals surface area contributed by atoms with Gasteiger partial charge in [0.2, 0.25) is 5.91 Å². The molecule has 1 amide bonds. The molecule has 0 atom stereocenters. The van der Waals surface area contributed by atoms with Gasteiger partial charge in [0.05, 0.1) is 12.2 Å². The van der Waals surface area contributed by atoms with Crippen LogP contribution in [-0.4, -0.2) is 35.9 Å². The van der Waals surface area contributed by atoms with E-state index in [1.807, 2.05) is 24.2 Å². The van der Waals surface area contributed by atoms with E-state index in [9.17, 15) is 4.79 Å². The quantitative estimate of drug-likeness (QED) is 0.740. The molecule has 0 spiro atoms. The van der Waals surface area contributed by atoms with Gasteiger partial charge in [-0.3, -0.25) is 14.7 Å². The molecule has 4 nitrogen and oxygen atoms in total. The van der Waals surface area contributed by atoms with E-state index in [1.54, 1.807) is 6.08 Å². The van der Waals surface area contributed by atoms with E-state index in [4.69, 9.17) is 0 Å². The van der Waals surface area contributed by atoms with E-state index in [0.717, 1.165) is 12.1 Å². The number of pyridine rings is 1. The molecule has 0 unspecified atom stereocenters. The maximum absolute atomic E-state index is 11.5.